The summed E-state index contributed by atoms with van der Waals surface area (Å²) in [7, 11) is 3.53. The van der Waals surface area contributed by atoms with Crippen molar-refractivity contribution >= 4 is 5.91 Å². The van der Waals surface area contributed by atoms with Gasteiger partial charge in [-0.15, -0.1) is 6.58 Å². The van der Waals surface area contributed by atoms with Crippen molar-refractivity contribution in [2.45, 2.75) is 20.3 Å². The Kier molecular flexibility index (Phi) is 3.30. The Balaban J connectivity index is 4.04. The lowest BCUT2D eigenvalue weighted by Crippen LogP contribution is -2.26. The second-order valence-corrected chi connectivity index (χ2v) is 3.66. The minimum absolute atomic E-state index is 0.0820. The van der Waals surface area contributed by atoms with Crippen LogP contribution in [0.5, 0.6) is 0 Å². The molecule has 0 aliphatic rings. The zero-order valence-electron chi connectivity index (χ0n) is 7.85. The summed E-state index contributed by atoms with van der Waals surface area (Å²) in [5.41, 5.74) is -0.0820. The van der Waals surface area contributed by atoms with E-state index in [9.17, 15) is 4.79 Å². The fourth-order valence-corrected chi connectivity index (χ4v) is 0.620. The van der Waals surface area contributed by atoms with E-state index in [0.717, 1.165) is 0 Å². The van der Waals surface area contributed by atoms with Gasteiger partial charge in [-0.3, -0.25) is 4.79 Å². The zero-order valence-corrected chi connectivity index (χ0v) is 7.85. The molecule has 0 bridgehead atoms. The molecule has 0 aromatic rings. The topological polar surface area (TPSA) is 20.3 Å². The van der Waals surface area contributed by atoms with Crippen molar-refractivity contribution in [1.82, 2.24) is 4.90 Å². The lowest BCUT2D eigenvalue weighted by Gasteiger charge is -2.21. The average Bonchev–Trinajstić information content (AvgIpc) is 1.87. The monoisotopic (exact) mass is 155 g/mol. The lowest BCUT2D eigenvalue weighted by molar-refractivity contribution is -0.130. The number of hydrogen-bond acceptors (Lipinski definition) is 1. The van der Waals surface area contributed by atoms with Gasteiger partial charge in [0.05, 0.1) is 0 Å². The third-order valence-electron chi connectivity index (χ3n) is 1.66. The summed E-state index contributed by atoms with van der Waals surface area (Å²) in [6.07, 6.45) is 2.35. The number of carbonyl (C=O) groups is 1. The number of nitrogens with zero attached hydrogens (tertiary/aromatic N) is 1. The molecular weight excluding hydrogens is 138 g/mol. The molecule has 0 aliphatic carbocycles. The van der Waals surface area contributed by atoms with Crippen LogP contribution in [-0.4, -0.2) is 24.9 Å². The van der Waals surface area contributed by atoms with Gasteiger partial charge < -0.3 is 4.90 Å². The van der Waals surface area contributed by atoms with E-state index >= 15 is 0 Å². The molecule has 2 heteroatoms. The van der Waals surface area contributed by atoms with Crippen molar-refractivity contribution in [3.63, 3.8) is 0 Å². The maximum absolute atomic E-state index is 11.2. The normalized spacial score (nSPS) is 10.9. The van der Waals surface area contributed by atoms with Crippen LogP contribution < -0.4 is 0 Å². The van der Waals surface area contributed by atoms with Crippen LogP contribution in [0.2, 0.25) is 0 Å². The summed E-state index contributed by atoms with van der Waals surface area (Å²) < 4.78 is 0. The molecule has 1 amide bonds. The van der Waals surface area contributed by atoms with Crippen molar-refractivity contribution in [3.8, 4) is 0 Å². The van der Waals surface area contributed by atoms with Crippen molar-refractivity contribution < 1.29 is 4.79 Å². The molecule has 0 aromatic heterocycles. The molecule has 0 N–H and O–H groups in total. The maximum atomic E-state index is 11.2. The van der Waals surface area contributed by atoms with Crippen LogP contribution >= 0.6 is 0 Å². The molecule has 0 aromatic carbocycles. The smallest absolute Gasteiger partial charge is 0.222 e. The molecule has 0 fully saturated rings. The summed E-state index contributed by atoms with van der Waals surface area (Å²) in [4.78, 5) is 12.8. The summed E-state index contributed by atoms with van der Waals surface area (Å²) in [5.74, 6) is 0.148. The molecule has 0 spiro atoms. The van der Waals surface area contributed by atoms with Crippen LogP contribution in [0.3, 0.4) is 0 Å². The molecule has 0 aliphatic heterocycles. The average molecular weight is 155 g/mol. The molecule has 0 atom stereocenters. The zero-order chi connectivity index (χ0) is 9.07. The number of carbonyl (C=O) groups excluding carboxylic acids is 1. The maximum Gasteiger partial charge on any atom is 0.222 e. The highest BCUT2D eigenvalue weighted by Gasteiger charge is 2.18. The minimum Gasteiger partial charge on any atom is -0.349 e. The Morgan fingerprint density at radius 1 is 1.55 bits per heavy atom. The second-order valence-electron chi connectivity index (χ2n) is 3.66. The fraction of sp³-hybridized carbons (Fsp3) is 0.667. The first-order chi connectivity index (χ1) is 4.89. The fourth-order valence-electron chi connectivity index (χ4n) is 0.620. The summed E-state index contributed by atoms with van der Waals surface area (Å²) in [6.45, 7) is 7.68. The van der Waals surface area contributed by atoms with E-state index < -0.39 is 0 Å². The molecule has 2 nitrogen and oxygen atoms in total. The van der Waals surface area contributed by atoms with Gasteiger partial charge in [-0.25, -0.2) is 0 Å². The molecule has 0 heterocycles. The predicted octanol–water partition coefficient (Wildman–Crippen LogP) is 1.68. The largest absolute Gasteiger partial charge is 0.349 e. The van der Waals surface area contributed by atoms with Gasteiger partial charge in [0.2, 0.25) is 5.91 Å². The Morgan fingerprint density at radius 3 is 2.27 bits per heavy atom. The van der Waals surface area contributed by atoms with Crippen LogP contribution in [0.4, 0.5) is 0 Å². The van der Waals surface area contributed by atoms with E-state index in [1.807, 2.05) is 19.9 Å². The summed E-state index contributed by atoms with van der Waals surface area (Å²) in [5, 5.41) is 0. The van der Waals surface area contributed by atoms with E-state index in [2.05, 4.69) is 6.58 Å². The number of rotatable bonds is 3. The molecule has 0 radical (unpaired) electrons. The van der Waals surface area contributed by atoms with Crippen LogP contribution in [0.1, 0.15) is 20.3 Å². The summed E-state index contributed by atoms with van der Waals surface area (Å²) in [6, 6.07) is 0. The van der Waals surface area contributed by atoms with Crippen molar-refractivity contribution in [2.75, 3.05) is 14.1 Å². The first kappa shape index (κ1) is 10.2. The molecule has 0 rings (SSSR count). The van der Waals surface area contributed by atoms with Crippen LogP contribution in [0.15, 0.2) is 12.7 Å². The molecule has 0 saturated heterocycles. The van der Waals surface area contributed by atoms with E-state index in [-0.39, 0.29) is 11.3 Å². The SMILES string of the molecule is C=CC(C)(C)CC(=O)N(C)C. The highest BCUT2D eigenvalue weighted by Crippen LogP contribution is 2.21. The highest BCUT2D eigenvalue weighted by molar-refractivity contribution is 5.76. The predicted molar refractivity (Wildman–Crippen MR) is 47.3 cm³/mol. The number of hydrogen-bond donors (Lipinski definition) is 0. The van der Waals surface area contributed by atoms with E-state index in [0.29, 0.717) is 6.42 Å². The Hall–Kier alpha value is -0.790. The summed E-state index contributed by atoms with van der Waals surface area (Å²) >= 11 is 0. The molecule has 0 saturated carbocycles. The van der Waals surface area contributed by atoms with Gasteiger partial charge in [0.25, 0.3) is 0 Å². The van der Waals surface area contributed by atoms with Crippen molar-refractivity contribution in [2.24, 2.45) is 5.41 Å². The van der Waals surface area contributed by atoms with Gasteiger partial charge in [-0.1, -0.05) is 19.9 Å². The number of allylic oxidation sites excluding steroid dienone is 1. The Morgan fingerprint density at radius 2 is 2.00 bits per heavy atom. The number of amides is 1. The van der Waals surface area contributed by atoms with Gasteiger partial charge >= 0.3 is 0 Å². The van der Waals surface area contributed by atoms with Gasteiger partial charge in [0, 0.05) is 20.5 Å². The van der Waals surface area contributed by atoms with Gasteiger partial charge in [-0.05, 0) is 5.41 Å². The quantitative estimate of drug-likeness (QED) is 0.568. The van der Waals surface area contributed by atoms with Crippen molar-refractivity contribution in [3.05, 3.63) is 12.7 Å². The minimum atomic E-state index is -0.0820. The van der Waals surface area contributed by atoms with Crippen LogP contribution in [-0.2, 0) is 4.79 Å². The Bertz CT molecular complexity index is 159. The third kappa shape index (κ3) is 3.81. The third-order valence-corrected chi connectivity index (χ3v) is 1.66. The van der Waals surface area contributed by atoms with E-state index in [1.165, 1.54) is 0 Å². The van der Waals surface area contributed by atoms with E-state index in [4.69, 9.17) is 0 Å². The first-order valence-electron chi connectivity index (χ1n) is 3.73. The Labute approximate surface area is 68.9 Å². The van der Waals surface area contributed by atoms with Gasteiger partial charge in [0.15, 0.2) is 0 Å². The lowest BCUT2D eigenvalue weighted by atomic mass is 9.89. The molecule has 0 unspecified atom stereocenters. The highest BCUT2D eigenvalue weighted by atomic mass is 16.2. The second kappa shape index (κ2) is 3.56. The van der Waals surface area contributed by atoms with Crippen LogP contribution in [0.25, 0.3) is 0 Å². The van der Waals surface area contributed by atoms with Crippen molar-refractivity contribution in [1.29, 1.82) is 0 Å². The molecule has 11 heavy (non-hydrogen) atoms. The van der Waals surface area contributed by atoms with Crippen LogP contribution in [0, 0.1) is 5.41 Å². The van der Waals surface area contributed by atoms with E-state index in [1.54, 1.807) is 19.0 Å². The van der Waals surface area contributed by atoms with Gasteiger partial charge in [-0.2, -0.15) is 0 Å². The molecule has 64 valence electrons. The molecular formula is C9H17NO. The first-order valence-corrected chi connectivity index (χ1v) is 3.73. The van der Waals surface area contributed by atoms with Gasteiger partial charge in [0.1, 0.15) is 0 Å². The standard InChI is InChI=1S/C9H17NO/c1-6-9(2,3)7-8(11)10(4)5/h6H,1,7H2,2-5H3.